The first kappa shape index (κ1) is 21.5. The number of rotatable bonds is 7. The maximum Gasteiger partial charge on any atom is 0.234 e. The Labute approximate surface area is 192 Å². The van der Waals surface area contributed by atoms with Crippen LogP contribution in [0.3, 0.4) is 0 Å². The lowest BCUT2D eigenvalue weighted by Gasteiger charge is -2.08. The molecule has 2 aromatic carbocycles. The molecule has 0 saturated heterocycles. The molecule has 0 aliphatic rings. The molecule has 0 aliphatic heterocycles. The molecule has 0 radical (unpaired) electrons. The minimum atomic E-state index is -0.213. The van der Waals surface area contributed by atoms with Crippen LogP contribution in [0, 0.1) is 0 Å². The average Bonchev–Trinajstić information content (AvgIpc) is 3.37. The third-order valence-corrected chi connectivity index (χ3v) is 6.03. The molecule has 2 heterocycles. The summed E-state index contributed by atoms with van der Waals surface area (Å²) in [5.74, 6) is 1.75. The van der Waals surface area contributed by atoms with Gasteiger partial charge in [0.25, 0.3) is 0 Å². The van der Waals surface area contributed by atoms with Crippen molar-refractivity contribution in [2.45, 2.75) is 18.6 Å². The van der Waals surface area contributed by atoms with Gasteiger partial charge in [0.05, 0.1) is 23.6 Å². The molecule has 0 bridgehead atoms. The first-order valence-electron chi connectivity index (χ1n) is 9.38. The van der Waals surface area contributed by atoms with Crippen LogP contribution in [-0.4, -0.2) is 33.5 Å². The normalized spacial score (nSPS) is 11.1. The zero-order chi connectivity index (χ0) is 22.0. The zero-order valence-electron chi connectivity index (χ0n) is 16.7. The van der Waals surface area contributed by atoms with E-state index in [1.165, 1.54) is 11.8 Å². The molecule has 4 rings (SSSR count). The topological polar surface area (TPSA) is 82.2 Å². The van der Waals surface area contributed by atoms with Crippen LogP contribution in [0.15, 0.2) is 52.0 Å². The number of halogens is 2. The van der Waals surface area contributed by atoms with Gasteiger partial charge in [-0.25, -0.2) is 0 Å². The summed E-state index contributed by atoms with van der Waals surface area (Å²) in [6, 6.07) is 12.5. The minimum absolute atomic E-state index is 0.144. The lowest BCUT2D eigenvalue weighted by atomic mass is 10.2. The molecule has 0 aliphatic carbocycles. The van der Waals surface area contributed by atoms with Crippen molar-refractivity contribution >= 4 is 57.5 Å². The van der Waals surface area contributed by atoms with E-state index in [0.717, 1.165) is 5.39 Å². The first-order valence-corrected chi connectivity index (χ1v) is 11.1. The highest BCUT2D eigenvalue weighted by Crippen LogP contribution is 2.34. The molecule has 4 aromatic rings. The Balaban J connectivity index is 1.51. The van der Waals surface area contributed by atoms with Crippen molar-refractivity contribution in [3.8, 4) is 17.3 Å². The fraction of sp³-hybridized carbons (Fsp3) is 0.190. The average molecular weight is 477 g/mol. The Bertz CT molecular complexity index is 1250. The smallest absolute Gasteiger partial charge is 0.234 e. The van der Waals surface area contributed by atoms with E-state index < -0.39 is 0 Å². The van der Waals surface area contributed by atoms with E-state index >= 15 is 0 Å². The van der Waals surface area contributed by atoms with Gasteiger partial charge in [-0.15, -0.1) is 10.2 Å². The second kappa shape index (κ2) is 9.21. The Hall–Kier alpha value is -2.68. The lowest BCUT2D eigenvalue weighted by molar-refractivity contribution is -0.113. The quantitative estimate of drug-likeness (QED) is 0.341. The minimum Gasteiger partial charge on any atom is -0.493 e. The number of furan rings is 1. The van der Waals surface area contributed by atoms with Crippen LogP contribution < -0.4 is 10.1 Å². The number of nitrogens with zero attached hydrogens (tertiary/aromatic N) is 3. The van der Waals surface area contributed by atoms with Crippen molar-refractivity contribution in [2.24, 2.45) is 0 Å². The van der Waals surface area contributed by atoms with Gasteiger partial charge in [-0.1, -0.05) is 47.1 Å². The number of amides is 1. The first-order chi connectivity index (χ1) is 15.0. The molecule has 0 spiro atoms. The van der Waals surface area contributed by atoms with Gasteiger partial charge in [0.15, 0.2) is 22.2 Å². The molecule has 7 nitrogen and oxygen atoms in total. The summed E-state index contributed by atoms with van der Waals surface area (Å²) in [5, 5.41) is 13.7. The van der Waals surface area contributed by atoms with Gasteiger partial charge in [0.1, 0.15) is 0 Å². The van der Waals surface area contributed by atoms with E-state index in [4.69, 9.17) is 32.4 Å². The maximum absolute atomic E-state index is 12.4. The van der Waals surface area contributed by atoms with Crippen molar-refractivity contribution in [3.63, 3.8) is 0 Å². The molecule has 2 aromatic heterocycles. The van der Waals surface area contributed by atoms with Gasteiger partial charge >= 0.3 is 0 Å². The standard InChI is InChI=1S/C21H18Cl2N4O3S/c1-3-27-20(17-9-12-5-4-6-16(29-2)19(12)30-17)25-26-21(27)31-11-18(28)24-15-8-7-13(22)10-14(15)23/h4-10H,3,11H2,1-2H3,(H,24,28). The third kappa shape index (κ3) is 4.51. The predicted octanol–water partition coefficient (Wildman–Crippen LogP) is 5.76. The van der Waals surface area contributed by atoms with Crippen LogP contribution in [0.25, 0.3) is 22.6 Å². The molecular formula is C21H18Cl2N4O3S. The molecule has 31 heavy (non-hydrogen) atoms. The number of carbonyl (C=O) groups is 1. The molecule has 0 saturated carbocycles. The van der Waals surface area contributed by atoms with Crippen LogP contribution in [0.5, 0.6) is 5.75 Å². The third-order valence-electron chi connectivity index (χ3n) is 4.52. The van der Waals surface area contributed by atoms with Gasteiger partial charge in [-0.05, 0) is 37.3 Å². The van der Waals surface area contributed by atoms with Crippen LogP contribution in [-0.2, 0) is 11.3 Å². The molecule has 0 atom stereocenters. The number of ether oxygens (including phenoxy) is 1. The summed E-state index contributed by atoms with van der Waals surface area (Å²) >= 11 is 13.3. The fourth-order valence-corrected chi connectivity index (χ4v) is 4.34. The number of thioether (sulfide) groups is 1. The Kier molecular flexibility index (Phi) is 6.41. The largest absolute Gasteiger partial charge is 0.493 e. The lowest BCUT2D eigenvalue weighted by Crippen LogP contribution is -2.15. The monoisotopic (exact) mass is 476 g/mol. The Morgan fingerprint density at radius 1 is 1.23 bits per heavy atom. The number of hydrogen-bond donors (Lipinski definition) is 1. The Morgan fingerprint density at radius 3 is 2.81 bits per heavy atom. The number of benzene rings is 2. The van der Waals surface area contributed by atoms with Crippen molar-refractivity contribution in [2.75, 3.05) is 18.2 Å². The van der Waals surface area contributed by atoms with Gasteiger partial charge in [0, 0.05) is 17.0 Å². The van der Waals surface area contributed by atoms with Crippen LogP contribution in [0.2, 0.25) is 10.0 Å². The van der Waals surface area contributed by atoms with E-state index in [-0.39, 0.29) is 11.7 Å². The number of aromatic nitrogens is 3. The van der Waals surface area contributed by atoms with Crippen LogP contribution in [0.1, 0.15) is 6.92 Å². The van der Waals surface area contributed by atoms with Gasteiger partial charge in [0.2, 0.25) is 11.7 Å². The highest BCUT2D eigenvalue weighted by Gasteiger charge is 2.19. The van der Waals surface area contributed by atoms with E-state index in [0.29, 0.717) is 50.4 Å². The van der Waals surface area contributed by atoms with Gasteiger partial charge in [-0.3, -0.25) is 9.36 Å². The number of nitrogens with one attached hydrogen (secondary N) is 1. The van der Waals surface area contributed by atoms with E-state index in [9.17, 15) is 4.79 Å². The van der Waals surface area contributed by atoms with Crippen molar-refractivity contribution in [1.29, 1.82) is 0 Å². The zero-order valence-corrected chi connectivity index (χ0v) is 19.0. The van der Waals surface area contributed by atoms with Gasteiger partial charge < -0.3 is 14.5 Å². The van der Waals surface area contributed by atoms with Crippen molar-refractivity contribution in [1.82, 2.24) is 14.8 Å². The second-order valence-corrected chi connectivity index (χ2v) is 8.29. The second-order valence-electron chi connectivity index (χ2n) is 6.50. The molecule has 0 fully saturated rings. The number of methoxy groups -OCH3 is 1. The molecule has 10 heteroatoms. The fourth-order valence-electron chi connectivity index (χ4n) is 3.08. The summed E-state index contributed by atoms with van der Waals surface area (Å²) in [6.45, 7) is 2.59. The summed E-state index contributed by atoms with van der Waals surface area (Å²) in [5.41, 5.74) is 1.16. The summed E-state index contributed by atoms with van der Waals surface area (Å²) in [7, 11) is 1.60. The number of hydrogen-bond acceptors (Lipinski definition) is 6. The number of fused-ring (bicyclic) bond motifs is 1. The number of anilines is 1. The molecule has 160 valence electrons. The summed E-state index contributed by atoms with van der Waals surface area (Å²) < 4.78 is 13.3. The molecule has 1 amide bonds. The van der Waals surface area contributed by atoms with Gasteiger partial charge in [-0.2, -0.15) is 0 Å². The number of carbonyl (C=O) groups excluding carboxylic acids is 1. The summed E-state index contributed by atoms with van der Waals surface area (Å²) in [6.07, 6.45) is 0. The predicted molar refractivity (Wildman–Crippen MR) is 123 cm³/mol. The van der Waals surface area contributed by atoms with Crippen molar-refractivity contribution in [3.05, 3.63) is 52.5 Å². The highest BCUT2D eigenvalue weighted by molar-refractivity contribution is 7.99. The molecule has 0 unspecified atom stereocenters. The van der Waals surface area contributed by atoms with Crippen molar-refractivity contribution < 1.29 is 13.9 Å². The van der Waals surface area contributed by atoms with Crippen LogP contribution >= 0.6 is 35.0 Å². The molecule has 1 N–H and O–H groups in total. The van der Waals surface area contributed by atoms with E-state index in [2.05, 4.69) is 15.5 Å². The van der Waals surface area contributed by atoms with Crippen LogP contribution in [0.4, 0.5) is 5.69 Å². The summed E-state index contributed by atoms with van der Waals surface area (Å²) in [4.78, 5) is 12.4. The SMILES string of the molecule is CCn1c(SCC(=O)Nc2ccc(Cl)cc2Cl)nnc1-c1cc2cccc(OC)c2o1. The van der Waals surface area contributed by atoms with E-state index in [1.807, 2.05) is 35.8 Å². The number of para-hydroxylation sites is 1. The highest BCUT2D eigenvalue weighted by atomic mass is 35.5. The molecular weight excluding hydrogens is 459 g/mol. The maximum atomic E-state index is 12.4. The Morgan fingerprint density at radius 2 is 2.06 bits per heavy atom. The van der Waals surface area contributed by atoms with E-state index in [1.54, 1.807) is 25.3 Å².